The zero-order valence-corrected chi connectivity index (χ0v) is 9.21. The minimum absolute atomic E-state index is 0.0341. The van der Waals surface area contributed by atoms with Crippen LogP contribution in [0.15, 0.2) is 36.7 Å². The highest BCUT2D eigenvalue weighted by atomic mass is 19.1. The van der Waals surface area contributed by atoms with E-state index in [2.05, 4.69) is 15.3 Å². The summed E-state index contributed by atoms with van der Waals surface area (Å²) in [4.78, 5) is 17.2. The molecule has 2 aromatic rings. The van der Waals surface area contributed by atoms with Gasteiger partial charge in [0.15, 0.2) is 0 Å². The molecular formula is C11H9FN4O2. The van der Waals surface area contributed by atoms with Gasteiger partial charge >= 0.3 is 0 Å². The summed E-state index contributed by atoms with van der Waals surface area (Å²) in [5.74, 6) is -0.253. The number of nitro benzene ring substituents is 1. The third-order valence-corrected chi connectivity index (χ3v) is 2.25. The quantitative estimate of drug-likeness (QED) is 0.509. The zero-order chi connectivity index (χ0) is 13.0. The second-order valence-corrected chi connectivity index (χ2v) is 3.50. The van der Waals surface area contributed by atoms with Crippen LogP contribution >= 0.6 is 0 Å². The first-order chi connectivity index (χ1) is 8.65. The third kappa shape index (κ3) is 2.97. The lowest BCUT2D eigenvalue weighted by Crippen LogP contribution is -2.02. The maximum absolute atomic E-state index is 12.8. The van der Waals surface area contributed by atoms with Crippen LogP contribution in [0.2, 0.25) is 0 Å². The van der Waals surface area contributed by atoms with Crippen LogP contribution in [0.1, 0.15) is 5.56 Å². The summed E-state index contributed by atoms with van der Waals surface area (Å²) >= 11 is 0. The Kier molecular flexibility index (Phi) is 3.42. The Labute approximate surface area is 102 Å². The predicted molar refractivity (Wildman–Crippen MR) is 62.4 cm³/mol. The number of non-ortho nitro benzene ring substituents is 1. The Morgan fingerprint density at radius 3 is 2.61 bits per heavy atom. The van der Waals surface area contributed by atoms with Crippen molar-refractivity contribution in [3.05, 3.63) is 58.3 Å². The number of nitrogens with one attached hydrogen (secondary N) is 1. The van der Waals surface area contributed by atoms with Gasteiger partial charge in [0.25, 0.3) is 5.69 Å². The summed E-state index contributed by atoms with van der Waals surface area (Å²) in [6, 6.07) is 7.26. The molecule has 0 amide bonds. The highest BCUT2D eigenvalue weighted by Gasteiger charge is 2.04. The van der Waals surface area contributed by atoms with Crippen molar-refractivity contribution in [3.63, 3.8) is 0 Å². The van der Waals surface area contributed by atoms with E-state index in [1.54, 1.807) is 12.1 Å². The molecule has 0 atom stereocenters. The fourth-order valence-corrected chi connectivity index (χ4v) is 1.36. The number of hydrogen-bond acceptors (Lipinski definition) is 5. The maximum Gasteiger partial charge on any atom is 0.269 e. The van der Waals surface area contributed by atoms with Gasteiger partial charge in [-0.25, -0.2) is 9.97 Å². The minimum Gasteiger partial charge on any atom is -0.366 e. The van der Waals surface area contributed by atoms with Gasteiger partial charge in [-0.05, 0) is 5.56 Å². The van der Waals surface area contributed by atoms with Gasteiger partial charge in [0.1, 0.15) is 12.1 Å². The molecule has 0 saturated heterocycles. The molecule has 7 heteroatoms. The van der Waals surface area contributed by atoms with Gasteiger partial charge in [-0.15, -0.1) is 0 Å². The summed E-state index contributed by atoms with van der Waals surface area (Å²) in [6.07, 6.45) is 1.12. The molecule has 0 bridgehead atoms. The molecule has 0 aliphatic heterocycles. The molecule has 0 fully saturated rings. The van der Waals surface area contributed by atoms with E-state index in [-0.39, 0.29) is 5.69 Å². The fourth-order valence-electron chi connectivity index (χ4n) is 1.36. The Morgan fingerprint density at radius 2 is 2.00 bits per heavy atom. The molecule has 0 spiro atoms. The molecule has 1 heterocycles. The van der Waals surface area contributed by atoms with Crippen molar-refractivity contribution in [2.24, 2.45) is 0 Å². The maximum atomic E-state index is 12.8. The van der Waals surface area contributed by atoms with Gasteiger partial charge in [-0.2, -0.15) is 4.39 Å². The van der Waals surface area contributed by atoms with Crippen molar-refractivity contribution >= 4 is 11.5 Å². The average molecular weight is 248 g/mol. The van der Waals surface area contributed by atoms with Crippen molar-refractivity contribution in [3.8, 4) is 0 Å². The number of anilines is 1. The molecule has 92 valence electrons. The Hall–Kier alpha value is -2.57. The second-order valence-electron chi connectivity index (χ2n) is 3.50. The first-order valence-electron chi connectivity index (χ1n) is 5.10. The van der Waals surface area contributed by atoms with Crippen molar-refractivity contribution in [2.45, 2.75) is 6.54 Å². The lowest BCUT2D eigenvalue weighted by Gasteiger charge is -2.04. The van der Waals surface area contributed by atoms with E-state index in [9.17, 15) is 14.5 Å². The molecule has 0 radical (unpaired) electrons. The van der Waals surface area contributed by atoms with Crippen molar-refractivity contribution in [2.75, 3.05) is 5.32 Å². The monoisotopic (exact) mass is 248 g/mol. The van der Waals surface area contributed by atoms with Gasteiger partial charge < -0.3 is 5.32 Å². The molecule has 2 rings (SSSR count). The molecule has 0 unspecified atom stereocenters. The van der Waals surface area contributed by atoms with Gasteiger partial charge in [0, 0.05) is 24.7 Å². The number of rotatable bonds is 4. The van der Waals surface area contributed by atoms with Gasteiger partial charge in [-0.3, -0.25) is 10.1 Å². The highest BCUT2D eigenvalue weighted by Crippen LogP contribution is 2.13. The van der Waals surface area contributed by atoms with Crippen LogP contribution in [0.3, 0.4) is 0 Å². The summed E-state index contributed by atoms with van der Waals surface area (Å²) < 4.78 is 12.8. The number of aromatic nitrogens is 2. The molecule has 1 aromatic carbocycles. The van der Waals surface area contributed by atoms with Crippen LogP contribution in [0.4, 0.5) is 15.9 Å². The van der Waals surface area contributed by atoms with E-state index in [0.717, 1.165) is 11.9 Å². The van der Waals surface area contributed by atoms with E-state index in [1.165, 1.54) is 18.2 Å². The number of halogens is 1. The van der Waals surface area contributed by atoms with Crippen molar-refractivity contribution in [1.82, 2.24) is 9.97 Å². The number of nitrogens with zero attached hydrogens (tertiary/aromatic N) is 3. The van der Waals surface area contributed by atoms with Crippen molar-refractivity contribution < 1.29 is 9.31 Å². The molecule has 1 N–H and O–H groups in total. The largest absolute Gasteiger partial charge is 0.366 e. The molecule has 1 aromatic heterocycles. The normalized spacial score (nSPS) is 10.1. The summed E-state index contributed by atoms with van der Waals surface area (Å²) in [5, 5.41) is 13.3. The first kappa shape index (κ1) is 11.9. The van der Waals surface area contributed by atoms with Crippen LogP contribution in [0, 0.1) is 16.1 Å². The molecular weight excluding hydrogens is 239 g/mol. The standard InChI is InChI=1S/C11H9FN4O2/c12-10-5-11(15-7-14-10)13-6-8-1-3-9(4-2-8)16(17)18/h1-5,7H,6H2,(H,13,14,15). The number of nitro groups is 1. The molecule has 0 aliphatic rings. The number of benzene rings is 1. The summed E-state index contributed by atoms with van der Waals surface area (Å²) in [6.45, 7) is 0.397. The average Bonchev–Trinajstić information content (AvgIpc) is 2.37. The zero-order valence-electron chi connectivity index (χ0n) is 9.21. The minimum atomic E-state index is -0.615. The van der Waals surface area contributed by atoms with Crippen LogP contribution in [0.5, 0.6) is 0 Å². The van der Waals surface area contributed by atoms with Crippen LogP contribution in [-0.2, 0) is 6.54 Å². The highest BCUT2D eigenvalue weighted by molar-refractivity contribution is 5.37. The molecule has 0 saturated carbocycles. The van der Waals surface area contributed by atoms with Crippen LogP contribution < -0.4 is 5.32 Å². The third-order valence-electron chi connectivity index (χ3n) is 2.25. The van der Waals surface area contributed by atoms with Gasteiger partial charge in [-0.1, -0.05) is 12.1 Å². The number of hydrogen-bond donors (Lipinski definition) is 1. The van der Waals surface area contributed by atoms with Gasteiger partial charge in [0.2, 0.25) is 5.95 Å². The van der Waals surface area contributed by atoms with Crippen LogP contribution in [0.25, 0.3) is 0 Å². The van der Waals surface area contributed by atoms with Crippen LogP contribution in [-0.4, -0.2) is 14.9 Å². The summed E-state index contributed by atoms with van der Waals surface area (Å²) in [7, 11) is 0. The SMILES string of the molecule is O=[N+]([O-])c1ccc(CNc2cc(F)ncn2)cc1. The fraction of sp³-hybridized carbons (Fsp3) is 0.0909. The first-order valence-corrected chi connectivity index (χ1v) is 5.10. The summed E-state index contributed by atoms with van der Waals surface area (Å²) in [5.41, 5.74) is 0.867. The lowest BCUT2D eigenvalue weighted by molar-refractivity contribution is -0.384. The molecule has 6 nitrogen and oxygen atoms in total. The van der Waals surface area contributed by atoms with E-state index < -0.39 is 10.9 Å². The van der Waals surface area contributed by atoms with E-state index in [1.807, 2.05) is 0 Å². The topological polar surface area (TPSA) is 81.0 Å². The second kappa shape index (κ2) is 5.17. The van der Waals surface area contributed by atoms with Gasteiger partial charge in [0.05, 0.1) is 4.92 Å². The van der Waals surface area contributed by atoms with Crippen molar-refractivity contribution in [1.29, 1.82) is 0 Å². The lowest BCUT2D eigenvalue weighted by atomic mass is 10.2. The Balaban J connectivity index is 2.00. The Morgan fingerprint density at radius 1 is 1.28 bits per heavy atom. The van der Waals surface area contributed by atoms with E-state index in [4.69, 9.17) is 0 Å². The Bertz CT molecular complexity index is 559. The smallest absolute Gasteiger partial charge is 0.269 e. The molecule has 0 aliphatic carbocycles. The molecule has 18 heavy (non-hydrogen) atoms. The predicted octanol–water partition coefficient (Wildman–Crippen LogP) is 2.14. The van der Waals surface area contributed by atoms with E-state index >= 15 is 0 Å². The van der Waals surface area contributed by atoms with E-state index in [0.29, 0.717) is 12.4 Å².